The highest BCUT2D eigenvalue weighted by Gasteiger charge is 2.33. The molecule has 4 rings (SSSR count). The van der Waals surface area contributed by atoms with E-state index in [1.165, 1.54) is 45.2 Å². The van der Waals surface area contributed by atoms with Crippen LogP contribution in [0.4, 0.5) is 5.95 Å². The number of rotatable bonds is 10. The molecule has 0 aliphatic rings. The number of aliphatic hydroxyl groups is 1. The number of hydrogen-bond donors (Lipinski definition) is 2. The topological polar surface area (TPSA) is 163 Å². The first-order chi connectivity index (χ1) is 18.2. The molecule has 1 aromatic carbocycles. The van der Waals surface area contributed by atoms with E-state index in [2.05, 4.69) is 29.9 Å². The number of aryl methyl sites for hydroxylation is 1. The van der Waals surface area contributed by atoms with Crippen molar-refractivity contribution in [1.29, 1.82) is 0 Å². The Balaban J connectivity index is 1.81. The van der Waals surface area contributed by atoms with Gasteiger partial charge in [0, 0.05) is 18.0 Å². The van der Waals surface area contributed by atoms with Gasteiger partial charge in [-0.1, -0.05) is 6.07 Å². The van der Waals surface area contributed by atoms with E-state index in [9.17, 15) is 13.5 Å². The molecule has 3 heterocycles. The van der Waals surface area contributed by atoms with Crippen LogP contribution in [0.25, 0.3) is 17.1 Å². The summed E-state index contributed by atoms with van der Waals surface area (Å²) in [5.74, 6) is 1.13. The lowest BCUT2D eigenvalue weighted by atomic mass is 10.2. The number of nitrogens with one attached hydrogen (secondary N) is 1. The molecule has 13 nitrogen and oxygen atoms in total. The molecule has 0 aliphatic heterocycles. The maximum absolute atomic E-state index is 13.4. The number of aromatic nitrogens is 6. The maximum atomic E-state index is 13.4. The largest absolute Gasteiger partial charge is 0.494 e. The van der Waals surface area contributed by atoms with E-state index < -0.39 is 21.4 Å². The van der Waals surface area contributed by atoms with Crippen LogP contribution in [0, 0.1) is 6.92 Å². The molecular weight excluding hydrogens is 514 g/mol. The number of sulfonamides is 1. The second-order valence-corrected chi connectivity index (χ2v) is 10.3. The lowest BCUT2D eigenvalue weighted by Gasteiger charge is -2.21. The standard InChI is InChI=1S/C24H27N7O6S/c1-14-9-16(11-25-10-14)23-28-29-24(31(23)21-18(35-3)7-6-8-19(21)36-4)30-38(33,34)15(2)22(32)17-12-27-20(37-5)13-26-17/h6-13,15,22,32H,1-5H3,(H,29,30). The van der Waals surface area contributed by atoms with Crippen molar-refractivity contribution in [3.05, 3.63) is 60.3 Å². The Kier molecular flexibility index (Phi) is 7.73. The van der Waals surface area contributed by atoms with E-state index in [-0.39, 0.29) is 23.3 Å². The van der Waals surface area contributed by atoms with Gasteiger partial charge in [0.05, 0.1) is 39.4 Å². The summed E-state index contributed by atoms with van der Waals surface area (Å²) in [6, 6.07) is 6.96. The number of nitrogens with zero attached hydrogens (tertiary/aromatic N) is 6. The highest BCUT2D eigenvalue weighted by molar-refractivity contribution is 7.93. The van der Waals surface area contributed by atoms with Crippen LogP contribution in [0.5, 0.6) is 17.4 Å². The number of benzene rings is 1. The van der Waals surface area contributed by atoms with Crippen LogP contribution in [-0.2, 0) is 10.0 Å². The van der Waals surface area contributed by atoms with E-state index in [1.54, 1.807) is 30.6 Å². The quantitative estimate of drug-likeness (QED) is 0.303. The van der Waals surface area contributed by atoms with Crippen molar-refractivity contribution < 1.29 is 27.7 Å². The zero-order valence-electron chi connectivity index (χ0n) is 21.4. The minimum Gasteiger partial charge on any atom is -0.494 e. The van der Waals surface area contributed by atoms with Crippen LogP contribution < -0.4 is 18.9 Å². The molecule has 4 aromatic rings. The molecule has 0 spiro atoms. The van der Waals surface area contributed by atoms with Crippen LogP contribution in [0.1, 0.15) is 24.3 Å². The Morgan fingerprint density at radius 3 is 2.26 bits per heavy atom. The number of methoxy groups -OCH3 is 3. The first-order valence-electron chi connectivity index (χ1n) is 11.3. The normalized spacial score (nSPS) is 13.0. The molecule has 14 heteroatoms. The zero-order chi connectivity index (χ0) is 27.4. The Labute approximate surface area is 219 Å². The minimum absolute atomic E-state index is 0.0584. The van der Waals surface area contributed by atoms with Crippen molar-refractivity contribution >= 4 is 16.0 Å². The zero-order valence-corrected chi connectivity index (χ0v) is 22.2. The SMILES string of the molecule is COc1cnc(C(O)C(C)S(=O)(=O)Nc2nnc(-c3cncc(C)c3)n2-c2c(OC)cccc2OC)cn1. The van der Waals surface area contributed by atoms with Gasteiger partial charge in [-0.3, -0.25) is 19.3 Å². The van der Waals surface area contributed by atoms with Gasteiger partial charge in [-0.2, -0.15) is 0 Å². The number of hydrogen-bond acceptors (Lipinski definition) is 11. The summed E-state index contributed by atoms with van der Waals surface area (Å²) in [5, 5.41) is 17.8. The smallest absolute Gasteiger partial charge is 0.243 e. The number of aliphatic hydroxyl groups excluding tert-OH is 1. The molecule has 38 heavy (non-hydrogen) atoms. The first-order valence-corrected chi connectivity index (χ1v) is 12.9. The van der Waals surface area contributed by atoms with Gasteiger partial charge in [0.25, 0.3) is 0 Å². The monoisotopic (exact) mass is 541 g/mol. The molecule has 0 fully saturated rings. The van der Waals surface area contributed by atoms with Gasteiger partial charge in [-0.05, 0) is 37.6 Å². The van der Waals surface area contributed by atoms with E-state index in [1.807, 2.05) is 13.0 Å². The van der Waals surface area contributed by atoms with Crippen LogP contribution in [0.2, 0.25) is 0 Å². The summed E-state index contributed by atoms with van der Waals surface area (Å²) >= 11 is 0. The summed E-state index contributed by atoms with van der Waals surface area (Å²) in [5.41, 5.74) is 1.87. The Bertz CT molecular complexity index is 1500. The molecule has 200 valence electrons. The summed E-state index contributed by atoms with van der Waals surface area (Å²) in [6.07, 6.45) is 4.31. The molecule has 0 saturated carbocycles. The van der Waals surface area contributed by atoms with Gasteiger partial charge in [0.1, 0.15) is 28.5 Å². The van der Waals surface area contributed by atoms with Crippen molar-refractivity contribution in [3.8, 4) is 34.5 Å². The molecule has 0 bridgehead atoms. The predicted octanol–water partition coefficient (Wildman–Crippen LogP) is 2.32. The average molecular weight is 542 g/mol. The fourth-order valence-corrected chi connectivity index (χ4v) is 4.74. The molecule has 2 atom stereocenters. The van der Waals surface area contributed by atoms with Crippen molar-refractivity contribution in [1.82, 2.24) is 29.7 Å². The van der Waals surface area contributed by atoms with Crippen molar-refractivity contribution in [2.75, 3.05) is 26.1 Å². The average Bonchev–Trinajstić information content (AvgIpc) is 3.33. The lowest BCUT2D eigenvalue weighted by molar-refractivity contribution is 0.170. The molecule has 0 aliphatic carbocycles. The summed E-state index contributed by atoms with van der Waals surface area (Å²) in [7, 11) is 0.141. The number of ether oxygens (including phenoxy) is 3. The summed E-state index contributed by atoms with van der Waals surface area (Å²) in [6.45, 7) is 3.21. The Morgan fingerprint density at radius 1 is 0.974 bits per heavy atom. The highest BCUT2D eigenvalue weighted by Crippen LogP contribution is 2.38. The predicted molar refractivity (Wildman–Crippen MR) is 138 cm³/mol. The number of para-hydroxylation sites is 1. The van der Waals surface area contributed by atoms with Gasteiger partial charge in [0.2, 0.25) is 21.9 Å². The number of anilines is 1. The van der Waals surface area contributed by atoms with Gasteiger partial charge >= 0.3 is 0 Å². The third-order valence-electron chi connectivity index (χ3n) is 5.75. The van der Waals surface area contributed by atoms with E-state index in [0.29, 0.717) is 22.7 Å². The van der Waals surface area contributed by atoms with Gasteiger partial charge in [-0.25, -0.2) is 13.4 Å². The van der Waals surface area contributed by atoms with E-state index in [4.69, 9.17) is 14.2 Å². The first kappa shape index (κ1) is 26.8. The molecule has 0 radical (unpaired) electrons. The molecule has 3 aromatic heterocycles. The second-order valence-electron chi connectivity index (χ2n) is 8.23. The lowest BCUT2D eigenvalue weighted by Crippen LogP contribution is -2.32. The third-order valence-corrected chi connectivity index (χ3v) is 7.45. The summed E-state index contributed by atoms with van der Waals surface area (Å²) < 4.78 is 46.9. The van der Waals surface area contributed by atoms with Gasteiger partial charge < -0.3 is 19.3 Å². The molecule has 2 N–H and O–H groups in total. The highest BCUT2D eigenvalue weighted by atomic mass is 32.2. The van der Waals surface area contributed by atoms with Crippen LogP contribution in [0.15, 0.2) is 49.1 Å². The molecule has 2 unspecified atom stereocenters. The van der Waals surface area contributed by atoms with Crippen molar-refractivity contribution in [2.45, 2.75) is 25.2 Å². The summed E-state index contributed by atoms with van der Waals surface area (Å²) in [4.78, 5) is 12.3. The number of pyridine rings is 1. The van der Waals surface area contributed by atoms with Crippen LogP contribution in [-0.4, -0.2) is 69.8 Å². The van der Waals surface area contributed by atoms with Crippen LogP contribution >= 0.6 is 0 Å². The molecule has 0 amide bonds. The van der Waals surface area contributed by atoms with E-state index in [0.717, 1.165) is 5.56 Å². The second kappa shape index (κ2) is 11.0. The van der Waals surface area contributed by atoms with Gasteiger partial charge in [0.15, 0.2) is 5.82 Å². The fourth-order valence-electron chi connectivity index (χ4n) is 3.69. The fraction of sp³-hybridized carbons (Fsp3) is 0.292. The van der Waals surface area contributed by atoms with Crippen molar-refractivity contribution in [2.24, 2.45) is 0 Å². The van der Waals surface area contributed by atoms with Gasteiger partial charge in [-0.15, -0.1) is 10.2 Å². The Morgan fingerprint density at radius 2 is 1.68 bits per heavy atom. The van der Waals surface area contributed by atoms with Crippen molar-refractivity contribution in [3.63, 3.8) is 0 Å². The van der Waals surface area contributed by atoms with E-state index >= 15 is 0 Å². The third kappa shape index (κ3) is 5.21. The Hall–Kier alpha value is -4.30. The molecular formula is C24H27N7O6S. The molecule has 0 saturated heterocycles. The minimum atomic E-state index is -4.24. The maximum Gasteiger partial charge on any atom is 0.243 e. The van der Waals surface area contributed by atoms with Crippen LogP contribution in [0.3, 0.4) is 0 Å².